The molecule has 0 fully saturated rings. The van der Waals surface area contributed by atoms with Gasteiger partial charge in [0.2, 0.25) is 0 Å². The Morgan fingerprint density at radius 3 is 2.70 bits per heavy atom. The van der Waals surface area contributed by atoms with E-state index in [1.165, 1.54) is 0 Å². The molecule has 0 radical (unpaired) electrons. The number of rotatable bonds is 6. The van der Waals surface area contributed by atoms with Crippen molar-refractivity contribution in [2.45, 2.75) is 39.3 Å². The molecular weight excluding hydrogens is 315 g/mol. The largest absolute Gasteiger partial charge is 0.271 e. The van der Waals surface area contributed by atoms with Crippen LogP contribution in [0.4, 0.5) is 0 Å². The lowest BCUT2D eigenvalue weighted by molar-refractivity contribution is 0.523. The van der Waals surface area contributed by atoms with E-state index in [1.54, 1.807) is 11.3 Å². The Balaban J connectivity index is 2.32. The molecule has 0 aliphatic heterocycles. The molecule has 2 aromatic heterocycles. The number of hydrogen-bond donors (Lipinski definition) is 2. The van der Waals surface area contributed by atoms with Crippen molar-refractivity contribution >= 4 is 34.5 Å². The average Bonchev–Trinajstić information content (AvgIpc) is 3.00. The van der Waals surface area contributed by atoms with Crippen molar-refractivity contribution < 1.29 is 0 Å². The maximum atomic E-state index is 6.43. The summed E-state index contributed by atoms with van der Waals surface area (Å²) < 4.78 is 1.94. The molecule has 3 N–H and O–H groups in total. The lowest BCUT2D eigenvalue weighted by Crippen LogP contribution is -2.30. The summed E-state index contributed by atoms with van der Waals surface area (Å²) in [6.45, 7) is 4.88. The van der Waals surface area contributed by atoms with Gasteiger partial charge >= 0.3 is 0 Å². The molecule has 0 aliphatic rings. The predicted octanol–water partition coefficient (Wildman–Crippen LogP) is 3.58. The van der Waals surface area contributed by atoms with Gasteiger partial charge in [0.05, 0.1) is 27.5 Å². The Morgan fingerprint density at radius 1 is 1.45 bits per heavy atom. The van der Waals surface area contributed by atoms with E-state index in [9.17, 15) is 0 Å². The van der Waals surface area contributed by atoms with E-state index in [4.69, 9.17) is 29.0 Å². The number of hydrogen-bond acceptors (Lipinski definition) is 4. The van der Waals surface area contributed by atoms with Crippen molar-refractivity contribution in [3.8, 4) is 0 Å². The van der Waals surface area contributed by atoms with E-state index >= 15 is 0 Å². The van der Waals surface area contributed by atoms with Crippen molar-refractivity contribution in [3.05, 3.63) is 37.8 Å². The SMILES string of the molecule is CCc1nn(CC)c(CC(NN)c2sccc2Cl)c1Cl. The van der Waals surface area contributed by atoms with Gasteiger partial charge in [-0.2, -0.15) is 5.10 Å². The highest BCUT2D eigenvalue weighted by molar-refractivity contribution is 7.10. The molecule has 7 heteroatoms. The molecule has 2 rings (SSSR count). The first-order chi connectivity index (χ1) is 9.62. The van der Waals surface area contributed by atoms with Crippen LogP contribution >= 0.6 is 34.5 Å². The quantitative estimate of drug-likeness (QED) is 0.627. The number of hydrazine groups is 1. The summed E-state index contributed by atoms with van der Waals surface area (Å²) in [7, 11) is 0. The minimum atomic E-state index is -0.0632. The first kappa shape index (κ1) is 15.8. The third-order valence-corrected chi connectivity index (χ3v) is 5.16. The smallest absolute Gasteiger partial charge is 0.0850 e. The molecule has 1 unspecified atom stereocenters. The zero-order chi connectivity index (χ0) is 14.7. The molecule has 4 nitrogen and oxygen atoms in total. The maximum absolute atomic E-state index is 6.43. The van der Waals surface area contributed by atoms with Crippen LogP contribution < -0.4 is 11.3 Å². The van der Waals surface area contributed by atoms with Crippen LogP contribution in [0.1, 0.15) is 36.2 Å². The molecule has 0 spiro atoms. The topological polar surface area (TPSA) is 55.9 Å². The van der Waals surface area contributed by atoms with Crippen molar-refractivity contribution in [1.82, 2.24) is 15.2 Å². The molecule has 0 aliphatic carbocycles. The number of aryl methyl sites for hydroxylation is 2. The molecule has 20 heavy (non-hydrogen) atoms. The zero-order valence-corrected chi connectivity index (χ0v) is 13.8. The third-order valence-electron chi connectivity index (χ3n) is 3.25. The van der Waals surface area contributed by atoms with Gasteiger partial charge in [0, 0.05) is 17.8 Å². The summed E-state index contributed by atoms with van der Waals surface area (Å²) in [6, 6.07) is 1.81. The van der Waals surface area contributed by atoms with E-state index in [0.29, 0.717) is 6.42 Å². The Labute approximate surface area is 132 Å². The Hall–Kier alpha value is -0.590. The van der Waals surface area contributed by atoms with Gasteiger partial charge in [-0.25, -0.2) is 0 Å². The highest BCUT2D eigenvalue weighted by Crippen LogP contribution is 2.32. The molecule has 0 bridgehead atoms. The van der Waals surface area contributed by atoms with Gasteiger partial charge in [-0.1, -0.05) is 30.1 Å². The lowest BCUT2D eigenvalue weighted by Gasteiger charge is -2.16. The van der Waals surface area contributed by atoms with Crippen LogP contribution in [0, 0.1) is 0 Å². The number of aromatic nitrogens is 2. The molecule has 110 valence electrons. The fourth-order valence-corrected chi connectivity index (χ4v) is 3.78. The molecular formula is C13H18Cl2N4S. The summed E-state index contributed by atoms with van der Waals surface area (Å²) in [5.41, 5.74) is 4.75. The molecule has 1 atom stereocenters. The van der Waals surface area contributed by atoms with E-state index in [2.05, 4.69) is 17.4 Å². The lowest BCUT2D eigenvalue weighted by atomic mass is 10.1. The molecule has 0 aromatic carbocycles. The van der Waals surface area contributed by atoms with Crippen molar-refractivity contribution in [1.29, 1.82) is 0 Å². The molecule has 0 amide bonds. The highest BCUT2D eigenvalue weighted by atomic mass is 35.5. The summed E-state index contributed by atoms with van der Waals surface area (Å²) in [5, 5.41) is 7.95. The van der Waals surface area contributed by atoms with Crippen molar-refractivity contribution in [2.75, 3.05) is 0 Å². The molecule has 2 heterocycles. The number of halogens is 2. The Bertz CT molecular complexity index is 579. The van der Waals surface area contributed by atoms with E-state index < -0.39 is 0 Å². The van der Waals surface area contributed by atoms with Crippen LogP contribution in [0.5, 0.6) is 0 Å². The van der Waals surface area contributed by atoms with Gasteiger partial charge in [-0.3, -0.25) is 16.0 Å². The molecule has 0 saturated carbocycles. The standard InChI is InChI=1S/C13H18Cl2N4S/c1-3-9-12(15)11(19(4-2)18-9)7-10(17-16)13-8(14)5-6-20-13/h5-6,10,17H,3-4,7,16H2,1-2H3. The van der Waals surface area contributed by atoms with Crippen LogP contribution in [0.25, 0.3) is 0 Å². The monoisotopic (exact) mass is 332 g/mol. The average molecular weight is 333 g/mol. The number of nitrogens with one attached hydrogen (secondary N) is 1. The number of nitrogens with two attached hydrogens (primary N) is 1. The summed E-state index contributed by atoms with van der Waals surface area (Å²) in [4.78, 5) is 1.02. The third kappa shape index (κ3) is 3.02. The second-order valence-electron chi connectivity index (χ2n) is 4.43. The van der Waals surface area contributed by atoms with E-state index in [1.807, 2.05) is 23.1 Å². The molecule has 0 saturated heterocycles. The van der Waals surface area contributed by atoms with Crippen LogP contribution in [-0.2, 0) is 19.4 Å². The number of nitrogens with zero attached hydrogens (tertiary/aromatic N) is 2. The van der Waals surface area contributed by atoms with Gasteiger partial charge in [0.25, 0.3) is 0 Å². The fraction of sp³-hybridized carbons (Fsp3) is 0.462. The minimum Gasteiger partial charge on any atom is -0.271 e. The van der Waals surface area contributed by atoms with Gasteiger partial charge in [0.15, 0.2) is 0 Å². The van der Waals surface area contributed by atoms with Gasteiger partial charge in [-0.05, 0) is 24.8 Å². The van der Waals surface area contributed by atoms with Crippen LogP contribution in [-0.4, -0.2) is 9.78 Å². The second-order valence-corrected chi connectivity index (χ2v) is 6.17. The van der Waals surface area contributed by atoms with E-state index in [-0.39, 0.29) is 6.04 Å². The van der Waals surface area contributed by atoms with Gasteiger partial charge < -0.3 is 0 Å². The van der Waals surface area contributed by atoms with Crippen LogP contribution in [0.15, 0.2) is 11.4 Å². The summed E-state index contributed by atoms with van der Waals surface area (Å²) in [5.74, 6) is 5.69. The Kier molecular flexibility index (Phi) is 5.46. The van der Waals surface area contributed by atoms with Crippen molar-refractivity contribution in [3.63, 3.8) is 0 Å². The summed E-state index contributed by atoms with van der Waals surface area (Å²) >= 11 is 14.2. The highest BCUT2D eigenvalue weighted by Gasteiger charge is 2.21. The first-order valence-electron chi connectivity index (χ1n) is 6.55. The van der Waals surface area contributed by atoms with Crippen LogP contribution in [0.3, 0.4) is 0 Å². The zero-order valence-electron chi connectivity index (χ0n) is 11.5. The van der Waals surface area contributed by atoms with Gasteiger partial charge in [-0.15, -0.1) is 11.3 Å². The number of thiophene rings is 1. The van der Waals surface area contributed by atoms with Crippen molar-refractivity contribution in [2.24, 2.45) is 5.84 Å². The normalized spacial score (nSPS) is 12.8. The molecule has 2 aromatic rings. The first-order valence-corrected chi connectivity index (χ1v) is 8.18. The Morgan fingerprint density at radius 2 is 2.20 bits per heavy atom. The fourth-order valence-electron chi connectivity index (χ4n) is 2.19. The minimum absolute atomic E-state index is 0.0632. The maximum Gasteiger partial charge on any atom is 0.0850 e. The summed E-state index contributed by atoms with van der Waals surface area (Å²) in [6.07, 6.45) is 1.48. The predicted molar refractivity (Wildman–Crippen MR) is 85.4 cm³/mol. The van der Waals surface area contributed by atoms with Gasteiger partial charge in [0.1, 0.15) is 0 Å². The second kappa shape index (κ2) is 6.91. The van der Waals surface area contributed by atoms with Crippen LogP contribution in [0.2, 0.25) is 10.0 Å². The van der Waals surface area contributed by atoms with E-state index in [0.717, 1.165) is 39.3 Å².